The first-order valence-electron chi connectivity index (χ1n) is 21.2. The van der Waals surface area contributed by atoms with E-state index in [4.69, 9.17) is 0 Å². The highest BCUT2D eigenvalue weighted by Crippen LogP contribution is 2.40. The van der Waals surface area contributed by atoms with Crippen LogP contribution in [-0.2, 0) is 5.41 Å². The van der Waals surface area contributed by atoms with E-state index in [0.717, 1.165) is 34.1 Å². The van der Waals surface area contributed by atoms with Gasteiger partial charge in [-0.1, -0.05) is 191 Å². The second-order valence-electron chi connectivity index (χ2n) is 16.3. The largest absolute Gasteiger partial charge is 0.311 e. The molecule has 0 aliphatic rings. The van der Waals surface area contributed by atoms with Crippen LogP contribution in [0.2, 0.25) is 0 Å². The highest BCUT2D eigenvalue weighted by Gasteiger charge is 2.24. The Balaban J connectivity index is 0.924. The highest BCUT2D eigenvalue weighted by atomic mass is 15.1. The number of para-hydroxylation sites is 2. The lowest BCUT2D eigenvalue weighted by atomic mass is 9.77. The van der Waals surface area contributed by atoms with Crippen molar-refractivity contribution in [3.8, 4) is 22.3 Å². The van der Waals surface area contributed by atoms with E-state index in [1.807, 2.05) is 0 Å². The molecule has 0 heterocycles. The van der Waals surface area contributed by atoms with Gasteiger partial charge in [-0.15, -0.1) is 0 Å². The molecule has 0 radical (unpaired) electrons. The van der Waals surface area contributed by atoms with E-state index in [-0.39, 0.29) is 11.3 Å². The van der Waals surface area contributed by atoms with Crippen LogP contribution in [0.4, 0.5) is 34.1 Å². The predicted molar refractivity (Wildman–Crippen MR) is 259 cm³/mol. The fraction of sp³-hybridized carbons (Fsp3) is 0.0847. The minimum atomic E-state index is -0.183. The molecule has 0 fully saturated rings. The summed E-state index contributed by atoms with van der Waals surface area (Å²) in [5, 5.41) is 0. The Morgan fingerprint density at radius 2 is 0.525 bits per heavy atom. The van der Waals surface area contributed by atoms with Crippen LogP contribution in [0.3, 0.4) is 0 Å². The molecule has 296 valence electrons. The van der Waals surface area contributed by atoms with E-state index < -0.39 is 0 Å². The lowest BCUT2D eigenvalue weighted by Crippen LogP contribution is -2.19. The molecule has 9 aromatic rings. The summed E-state index contributed by atoms with van der Waals surface area (Å²) in [4.78, 5) is 4.66. The molecule has 1 unspecified atom stereocenters. The van der Waals surface area contributed by atoms with Gasteiger partial charge in [-0.25, -0.2) is 0 Å². The molecule has 1 atom stereocenters. The topological polar surface area (TPSA) is 6.48 Å². The van der Waals surface area contributed by atoms with Gasteiger partial charge in [0.25, 0.3) is 0 Å². The van der Waals surface area contributed by atoms with E-state index in [1.54, 1.807) is 0 Å². The summed E-state index contributed by atoms with van der Waals surface area (Å²) >= 11 is 0. The van der Waals surface area contributed by atoms with Gasteiger partial charge in [0.15, 0.2) is 0 Å². The van der Waals surface area contributed by atoms with E-state index in [0.29, 0.717) is 0 Å². The van der Waals surface area contributed by atoms with Crippen molar-refractivity contribution in [2.75, 3.05) is 9.80 Å². The molecule has 61 heavy (non-hydrogen) atoms. The first-order valence-corrected chi connectivity index (χ1v) is 21.2. The minimum absolute atomic E-state index is 0.183. The van der Waals surface area contributed by atoms with Crippen molar-refractivity contribution in [2.45, 2.75) is 32.1 Å². The van der Waals surface area contributed by atoms with Crippen LogP contribution in [0.5, 0.6) is 0 Å². The van der Waals surface area contributed by atoms with E-state index in [2.05, 4.69) is 273 Å². The summed E-state index contributed by atoms with van der Waals surface area (Å²) in [5.41, 5.74) is 16.6. The molecule has 0 aromatic heterocycles. The van der Waals surface area contributed by atoms with Crippen molar-refractivity contribution in [2.24, 2.45) is 0 Å². The molecule has 0 saturated carbocycles. The average molecular weight is 787 g/mol. The van der Waals surface area contributed by atoms with Gasteiger partial charge in [0, 0.05) is 45.5 Å². The first kappa shape index (κ1) is 39.1. The van der Waals surface area contributed by atoms with Crippen LogP contribution < -0.4 is 9.80 Å². The Morgan fingerprint density at radius 3 is 0.885 bits per heavy atom. The minimum Gasteiger partial charge on any atom is -0.311 e. The van der Waals surface area contributed by atoms with Gasteiger partial charge in [0.2, 0.25) is 0 Å². The van der Waals surface area contributed by atoms with Gasteiger partial charge in [-0.05, 0) is 117 Å². The van der Waals surface area contributed by atoms with E-state index >= 15 is 0 Å². The van der Waals surface area contributed by atoms with Gasteiger partial charge in [-0.3, -0.25) is 0 Å². The normalized spacial score (nSPS) is 11.8. The second kappa shape index (κ2) is 17.4. The zero-order chi connectivity index (χ0) is 41.6. The van der Waals surface area contributed by atoms with Crippen LogP contribution in [0.15, 0.2) is 243 Å². The number of anilines is 6. The third-order valence-corrected chi connectivity index (χ3v) is 12.1. The first-order chi connectivity index (χ1) is 29.9. The zero-order valence-corrected chi connectivity index (χ0v) is 35.1. The van der Waals surface area contributed by atoms with Crippen LogP contribution in [0, 0.1) is 0 Å². The molecule has 0 saturated heterocycles. The number of benzene rings is 9. The number of hydrogen-bond donors (Lipinski definition) is 0. The highest BCUT2D eigenvalue weighted by molar-refractivity contribution is 5.80. The summed E-state index contributed by atoms with van der Waals surface area (Å²) < 4.78 is 0. The molecule has 0 bridgehead atoms. The van der Waals surface area contributed by atoms with Crippen molar-refractivity contribution < 1.29 is 0 Å². The van der Waals surface area contributed by atoms with E-state index in [1.165, 1.54) is 44.5 Å². The number of nitrogens with zero attached hydrogens (tertiary/aromatic N) is 2. The van der Waals surface area contributed by atoms with Crippen LogP contribution in [-0.4, -0.2) is 0 Å². The Hall–Kier alpha value is -7.42. The predicted octanol–water partition coefficient (Wildman–Crippen LogP) is 16.4. The van der Waals surface area contributed by atoms with Gasteiger partial charge in [0.1, 0.15) is 0 Å². The smallest absolute Gasteiger partial charge is 0.0462 e. The molecule has 0 amide bonds. The quantitative estimate of drug-likeness (QED) is 0.122. The van der Waals surface area contributed by atoms with Crippen LogP contribution in [0.1, 0.15) is 48.9 Å². The summed E-state index contributed by atoms with van der Waals surface area (Å²) in [6, 6.07) is 87.5. The van der Waals surface area contributed by atoms with Crippen molar-refractivity contribution in [1.82, 2.24) is 0 Å². The van der Waals surface area contributed by atoms with E-state index in [9.17, 15) is 0 Å². The fourth-order valence-corrected chi connectivity index (χ4v) is 8.40. The molecule has 2 nitrogen and oxygen atoms in total. The molecule has 9 aromatic carbocycles. The molecular weight excluding hydrogens is 737 g/mol. The van der Waals surface area contributed by atoms with Crippen molar-refractivity contribution in [1.29, 1.82) is 0 Å². The average Bonchev–Trinajstić information content (AvgIpc) is 3.34. The monoisotopic (exact) mass is 786 g/mol. The maximum Gasteiger partial charge on any atom is 0.0462 e. The standard InChI is InChI=1S/C59H50N2/c1-44(46-26-36-55(37-27-46)60(53-20-12-6-13-21-53)56-38-28-49(29-39-56)47-16-8-4-9-17-47)45-24-32-51(33-25-45)59(2,3)52-34-42-58(43-35-52)61(54-22-14-7-15-23-54)57-40-30-50(31-41-57)48-18-10-5-11-19-48/h4-44H,1-3H3. The number of hydrogen-bond acceptors (Lipinski definition) is 2. The lowest BCUT2D eigenvalue weighted by molar-refractivity contribution is 0.640. The molecular formula is C59H50N2. The molecule has 0 aliphatic heterocycles. The molecule has 0 aliphatic carbocycles. The fourth-order valence-electron chi connectivity index (χ4n) is 8.40. The molecule has 0 spiro atoms. The van der Waals surface area contributed by atoms with Crippen LogP contribution in [0.25, 0.3) is 22.3 Å². The zero-order valence-electron chi connectivity index (χ0n) is 35.1. The summed E-state index contributed by atoms with van der Waals surface area (Å²) in [5.74, 6) is 0.242. The second-order valence-corrected chi connectivity index (χ2v) is 16.3. The van der Waals surface area contributed by atoms with Crippen molar-refractivity contribution in [3.05, 3.63) is 265 Å². The molecule has 0 N–H and O–H groups in total. The maximum atomic E-state index is 2.33. The Kier molecular flexibility index (Phi) is 11.2. The van der Waals surface area contributed by atoms with Crippen molar-refractivity contribution in [3.63, 3.8) is 0 Å². The summed E-state index contributed by atoms with van der Waals surface area (Å²) in [7, 11) is 0. The van der Waals surface area contributed by atoms with Crippen LogP contribution >= 0.6 is 0 Å². The third-order valence-electron chi connectivity index (χ3n) is 12.1. The molecule has 2 heteroatoms. The summed E-state index contributed by atoms with van der Waals surface area (Å²) in [6.45, 7) is 6.95. The SMILES string of the molecule is CC(c1ccc(N(c2ccccc2)c2ccc(-c3ccccc3)cc2)cc1)c1ccc(C(C)(C)c2ccc(N(c3ccccc3)c3ccc(-c4ccccc4)cc3)cc2)cc1. The molecule has 9 rings (SSSR count). The Morgan fingerprint density at radius 1 is 0.279 bits per heavy atom. The summed E-state index contributed by atoms with van der Waals surface area (Å²) in [6.07, 6.45) is 0. The number of rotatable bonds is 12. The van der Waals surface area contributed by atoms with Crippen molar-refractivity contribution >= 4 is 34.1 Å². The van der Waals surface area contributed by atoms with Gasteiger partial charge < -0.3 is 9.80 Å². The maximum absolute atomic E-state index is 2.33. The van der Waals surface area contributed by atoms with Gasteiger partial charge in [-0.2, -0.15) is 0 Å². The van der Waals surface area contributed by atoms with Gasteiger partial charge >= 0.3 is 0 Å². The Bertz CT molecular complexity index is 2760. The van der Waals surface area contributed by atoms with Gasteiger partial charge in [0.05, 0.1) is 0 Å². The lowest BCUT2D eigenvalue weighted by Gasteiger charge is -2.29. The third kappa shape index (κ3) is 8.40. The Labute approximate surface area is 361 Å².